The van der Waals surface area contributed by atoms with Crippen LogP contribution in [0.3, 0.4) is 0 Å². The van der Waals surface area contributed by atoms with Gasteiger partial charge in [-0.2, -0.15) is 0 Å². The molecule has 120 valence electrons. The summed E-state index contributed by atoms with van der Waals surface area (Å²) in [4.78, 5) is 23.6. The first-order valence-corrected chi connectivity index (χ1v) is 7.39. The fraction of sp³-hybridized carbons (Fsp3) is 0.222. The van der Waals surface area contributed by atoms with Crippen molar-refractivity contribution in [2.24, 2.45) is 0 Å². The number of carbonyl (C=O) groups is 2. The zero-order valence-corrected chi connectivity index (χ0v) is 12.8. The van der Waals surface area contributed by atoms with Gasteiger partial charge in [-0.05, 0) is 30.7 Å². The summed E-state index contributed by atoms with van der Waals surface area (Å²) in [5, 5.41) is 9.30. The summed E-state index contributed by atoms with van der Waals surface area (Å²) < 4.78 is 10.9. The first-order chi connectivity index (χ1) is 11.1. The lowest BCUT2D eigenvalue weighted by Crippen LogP contribution is -2.13. The molecular formula is C18H18O5. The van der Waals surface area contributed by atoms with E-state index in [-0.39, 0.29) is 17.1 Å². The number of carboxylic acid groups (broad SMARTS) is 1. The summed E-state index contributed by atoms with van der Waals surface area (Å²) in [5.41, 5.74) is 0.232. The third-order valence-corrected chi connectivity index (χ3v) is 3.17. The molecule has 0 amide bonds. The normalized spacial score (nSPS) is 10.1. The minimum Gasteiger partial charge on any atom is -0.490 e. The van der Waals surface area contributed by atoms with E-state index in [1.54, 1.807) is 42.5 Å². The molecule has 0 aliphatic heterocycles. The SMILES string of the molecule is CCCCOc1cccc(C(=O)O)c1OC(=O)c1ccccc1. The number of carboxylic acids is 1. The van der Waals surface area contributed by atoms with Gasteiger partial charge in [0.25, 0.3) is 0 Å². The van der Waals surface area contributed by atoms with Crippen molar-refractivity contribution in [3.05, 3.63) is 59.7 Å². The van der Waals surface area contributed by atoms with Gasteiger partial charge >= 0.3 is 11.9 Å². The molecule has 2 rings (SSSR count). The molecule has 0 radical (unpaired) electrons. The number of aromatic carboxylic acids is 1. The monoisotopic (exact) mass is 314 g/mol. The van der Waals surface area contributed by atoms with Crippen LogP contribution in [0.2, 0.25) is 0 Å². The maximum absolute atomic E-state index is 12.2. The van der Waals surface area contributed by atoms with Crippen LogP contribution in [-0.2, 0) is 0 Å². The van der Waals surface area contributed by atoms with E-state index in [1.807, 2.05) is 6.92 Å². The molecule has 23 heavy (non-hydrogen) atoms. The molecule has 5 nitrogen and oxygen atoms in total. The Bertz CT molecular complexity index is 679. The van der Waals surface area contributed by atoms with E-state index in [1.165, 1.54) is 6.07 Å². The van der Waals surface area contributed by atoms with Crippen LogP contribution in [0.15, 0.2) is 48.5 Å². The van der Waals surface area contributed by atoms with Gasteiger partial charge in [-0.1, -0.05) is 37.6 Å². The second-order valence-corrected chi connectivity index (χ2v) is 4.90. The van der Waals surface area contributed by atoms with Crippen LogP contribution in [0.4, 0.5) is 0 Å². The molecular weight excluding hydrogens is 296 g/mol. The Hall–Kier alpha value is -2.82. The number of para-hydroxylation sites is 1. The van der Waals surface area contributed by atoms with Crippen molar-refractivity contribution >= 4 is 11.9 Å². The van der Waals surface area contributed by atoms with Crippen LogP contribution in [-0.4, -0.2) is 23.7 Å². The summed E-state index contributed by atoms with van der Waals surface area (Å²) in [6.07, 6.45) is 1.77. The number of carbonyl (C=O) groups excluding carboxylic acids is 1. The van der Waals surface area contributed by atoms with Gasteiger partial charge in [-0.15, -0.1) is 0 Å². The minimum absolute atomic E-state index is 0.0649. The highest BCUT2D eigenvalue weighted by molar-refractivity contribution is 5.96. The molecule has 0 fully saturated rings. The van der Waals surface area contributed by atoms with Crippen molar-refractivity contribution in [2.75, 3.05) is 6.61 Å². The first kappa shape index (κ1) is 16.5. The van der Waals surface area contributed by atoms with Crippen molar-refractivity contribution in [1.82, 2.24) is 0 Å². The highest BCUT2D eigenvalue weighted by atomic mass is 16.6. The molecule has 0 saturated heterocycles. The molecule has 0 bridgehead atoms. The minimum atomic E-state index is -1.18. The van der Waals surface area contributed by atoms with Gasteiger partial charge in [-0.25, -0.2) is 9.59 Å². The van der Waals surface area contributed by atoms with Crippen LogP contribution < -0.4 is 9.47 Å². The zero-order chi connectivity index (χ0) is 16.7. The third kappa shape index (κ3) is 4.32. The van der Waals surface area contributed by atoms with Crippen molar-refractivity contribution in [3.8, 4) is 11.5 Å². The average molecular weight is 314 g/mol. The van der Waals surface area contributed by atoms with Crippen molar-refractivity contribution in [2.45, 2.75) is 19.8 Å². The summed E-state index contributed by atoms with van der Waals surface area (Å²) in [6, 6.07) is 12.9. The third-order valence-electron chi connectivity index (χ3n) is 3.17. The number of ether oxygens (including phenoxy) is 2. The summed E-state index contributed by atoms with van der Waals surface area (Å²) in [6.45, 7) is 2.45. The fourth-order valence-electron chi connectivity index (χ4n) is 1.96. The second-order valence-electron chi connectivity index (χ2n) is 4.90. The largest absolute Gasteiger partial charge is 0.490 e. The van der Waals surface area contributed by atoms with E-state index in [9.17, 15) is 14.7 Å². The van der Waals surface area contributed by atoms with Crippen LogP contribution in [0, 0.1) is 0 Å². The first-order valence-electron chi connectivity index (χ1n) is 7.39. The van der Waals surface area contributed by atoms with Crippen LogP contribution in [0.5, 0.6) is 11.5 Å². The van der Waals surface area contributed by atoms with Crippen molar-refractivity contribution in [3.63, 3.8) is 0 Å². The Morgan fingerprint density at radius 2 is 1.78 bits per heavy atom. The highest BCUT2D eigenvalue weighted by Crippen LogP contribution is 2.32. The second kappa shape index (κ2) is 7.98. The number of esters is 1. The Morgan fingerprint density at radius 3 is 2.43 bits per heavy atom. The summed E-state index contributed by atoms with van der Waals surface area (Å²) in [5.74, 6) is -1.62. The van der Waals surface area contributed by atoms with Gasteiger partial charge in [0, 0.05) is 0 Å². The average Bonchev–Trinajstić information content (AvgIpc) is 2.56. The number of unbranched alkanes of at least 4 members (excludes halogenated alkanes) is 1. The predicted octanol–water partition coefficient (Wildman–Crippen LogP) is 3.78. The van der Waals surface area contributed by atoms with E-state index < -0.39 is 11.9 Å². The van der Waals surface area contributed by atoms with Crippen LogP contribution >= 0.6 is 0 Å². The lowest BCUT2D eigenvalue weighted by molar-refractivity contribution is 0.0677. The molecule has 2 aromatic carbocycles. The number of benzene rings is 2. The maximum atomic E-state index is 12.2. The van der Waals surface area contributed by atoms with Crippen LogP contribution in [0.25, 0.3) is 0 Å². The molecule has 2 aromatic rings. The van der Waals surface area contributed by atoms with Gasteiger partial charge in [0.05, 0.1) is 12.2 Å². The predicted molar refractivity (Wildman–Crippen MR) is 85.2 cm³/mol. The van der Waals surface area contributed by atoms with Crippen molar-refractivity contribution in [1.29, 1.82) is 0 Å². The Morgan fingerprint density at radius 1 is 1.04 bits per heavy atom. The lowest BCUT2D eigenvalue weighted by Gasteiger charge is -2.13. The van der Waals surface area contributed by atoms with Gasteiger partial charge < -0.3 is 14.6 Å². The van der Waals surface area contributed by atoms with Crippen LogP contribution in [0.1, 0.15) is 40.5 Å². The Balaban J connectivity index is 2.30. The molecule has 0 atom stereocenters. The molecule has 5 heteroatoms. The number of hydrogen-bond acceptors (Lipinski definition) is 4. The summed E-state index contributed by atoms with van der Waals surface area (Å²) in [7, 11) is 0. The Kier molecular flexibility index (Phi) is 5.74. The van der Waals surface area contributed by atoms with E-state index in [4.69, 9.17) is 9.47 Å². The lowest BCUT2D eigenvalue weighted by atomic mass is 10.2. The number of hydrogen-bond donors (Lipinski definition) is 1. The van der Waals surface area contributed by atoms with Gasteiger partial charge in [0.15, 0.2) is 11.5 Å². The standard InChI is InChI=1S/C18H18O5/c1-2-3-12-22-15-11-7-10-14(17(19)20)16(15)23-18(21)13-8-5-4-6-9-13/h4-11H,2-3,12H2,1H3,(H,19,20). The van der Waals surface area contributed by atoms with Gasteiger partial charge in [0.1, 0.15) is 5.56 Å². The highest BCUT2D eigenvalue weighted by Gasteiger charge is 2.20. The van der Waals surface area contributed by atoms with Gasteiger partial charge in [-0.3, -0.25) is 0 Å². The molecule has 0 aromatic heterocycles. The molecule has 0 aliphatic carbocycles. The molecule has 1 N–H and O–H groups in total. The maximum Gasteiger partial charge on any atom is 0.343 e. The molecule has 0 heterocycles. The van der Waals surface area contributed by atoms with Gasteiger partial charge in [0.2, 0.25) is 0 Å². The zero-order valence-electron chi connectivity index (χ0n) is 12.8. The number of rotatable bonds is 7. The Labute approximate surface area is 134 Å². The topological polar surface area (TPSA) is 72.8 Å². The molecule has 0 saturated carbocycles. The quantitative estimate of drug-likeness (QED) is 0.478. The smallest absolute Gasteiger partial charge is 0.343 e. The molecule has 0 unspecified atom stereocenters. The summed E-state index contributed by atoms with van der Waals surface area (Å²) >= 11 is 0. The van der Waals surface area contributed by atoms with Crippen molar-refractivity contribution < 1.29 is 24.2 Å². The fourth-order valence-corrected chi connectivity index (χ4v) is 1.96. The van der Waals surface area contributed by atoms with E-state index in [2.05, 4.69) is 0 Å². The van der Waals surface area contributed by atoms with E-state index in [0.29, 0.717) is 12.2 Å². The molecule has 0 aliphatic rings. The van der Waals surface area contributed by atoms with E-state index in [0.717, 1.165) is 12.8 Å². The molecule has 0 spiro atoms. The van der Waals surface area contributed by atoms with E-state index >= 15 is 0 Å².